The molecule has 0 spiro atoms. The first-order valence-corrected chi connectivity index (χ1v) is 3.15. The lowest BCUT2D eigenvalue weighted by molar-refractivity contribution is -0.135. The van der Waals surface area contributed by atoms with Crippen molar-refractivity contribution in [3.05, 3.63) is 24.5 Å². The Morgan fingerprint density at radius 1 is 1.55 bits per heavy atom. The normalized spacial score (nSPS) is 11.9. The average Bonchev–Trinajstić information content (AvgIpc) is 1.87. The number of rotatable bonds is 3. The number of esters is 1. The fourth-order valence-electron chi connectivity index (χ4n) is 0.287. The summed E-state index contributed by atoms with van der Waals surface area (Å²) in [6.07, 6.45) is -1.33. The van der Waals surface area contributed by atoms with Gasteiger partial charge in [-0.2, -0.15) is 0 Å². The molecule has 0 rings (SSSR count). The van der Waals surface area contributed by atoms with Crippen molar-refractivity contribution in [2.75, 3.05) is 0 Å². The number of ether oxygens (including phenoxy) is 1. The Bertz CT molecular complexity index is 194. The third kappa shape index (κ3) is 3.55. The molecule has 0 saturated heterocycles. The highest BCUT2D eigenvalue weighted by Crippen LogP contribution is 2.07. The minimum Gasteiger partial charge on any atom is -0.425 e. The van der Waals surface area contributed by atoms with E-state index in [4.69, 9.17) is 0 Å². The molecule has 0 heterocycles. The molecule has 0 N–H and O–H groups in total. The van der Waals surface area contributed by atoms with Crippen LogP contribution in [0.4, 0.5) is 4.39 Å². The van der Waals surface area contributed by atoms with Gasteiger partial charge in [0.25, 0.3) is 0 Å². The molecular weight excluding hydrogens is 147 g/mol. The van der Waals surface area contributed by atoms with E-state index in [2.05, 4.69) is 17.9 Å². The van der Waals surface area contributed by atoms with Crippen LogP contribution in [0, 0.1) is 0 Å². The van der Waals surface area contributed by atoms with Crippen molar-refractivity contribution in [3.63, 3.8) is 0 Å². The minimum atomic E-state index is -1.33. The van der Waals surface area contributed by atoms with Gasteiger partial charge < -0.3 is 4.74 Å². The Balaban J connectivity index is 3.96. The molecule has 0 radical (unpaired) electrons. The van der Waals surface area contributed by atoms with Crippen molar-refractivity contribution in [3.8, 4) is 0 Å². The number of halogens is 1. The maximum Gasteiger partial charge on any atom is 0.338 e. The Morgan fingerprint density at radius 3 is 2.27 bits per heavy atom. The molecule has 0 aliphatic carbocycles. The number of allylic oxidation sites excluding steroid dienone is 1. The predicted molar refractivity (Wildman–Crippen MR) is 40.6 cm³/mol. The number of carbonyl (C=O) groups is 1. The Kier molecular flexibility index (Phi) is 3.51. The molecule has 11 heavy (non-hydrogen) atoms. The fourth-order valence-corrected chi connectivity index (χ4v) is 0.287. The van der Waals surface area contributed by atoms with Gasteiger partial charge in [-0.25, -0.2) is 9.18 Å². The molecule has 1 atom stereocenters. The molecular formula is C8H11FO2. The van der Waals surface area contributed by atoms with Gasteiger partial charge in [0.1, 0.15) is 5.76 Å². The summed E-state index contributed by atoms with van der Waals surface area (Å²) in [5.41, 5.74) is 0.229. The van der Waals surface area contributed by atoms with Crippen molar-refractivity contribution in [1.82, 2.24) is 0 Å². The van der Waals surface area contributed by atoms with Crippen LogP contribution in [-0.2, 0) is 9.53 Å². The van der Waals surface area contributed by atoms with Gasteiger partial charge in [-0.1, -0.05) is 13.2 Å². The summed E-state index contributed by atoms with van der Waals surface area (Å²) in [5.74, 6) is -0.822. The van der Waals surface area contributed by atoms with Crippen molar-refractivity contribution in [2.24, 2.45) is 0 Å². The summed E-state index contributed by atoms with van der Waals surface area (Å²) < 4.78 is 16.8. The zero-order valence-corrected chi connectivity index (χ0v) is 6.69. The van der Waals surface area contributed by atoms with Crippen LogP contribution in [-0.4, -0.2) is 12.1 Å². The second-order valence-corrected chi connectivity index (χ2v) is 2.25. The molecule has 0 aliphatic heterocycles. The summed E-state index contributed by atoms with van der Waals surface area (Å²) in [4.78, 5) is 10.7. The monoisotopic (exact) mass is 158 g/mol. The molecule has 0 bridgehead atoms. The first-order valence-electron chi connectivity index (χ1n) is 3.15. The maximum atomic E-state index is 12.3. The van der Waals surface area contributed by atoms with Gasteiger partial charge in [-0.15, -0.1) is 0 Å². The summed E-state index contributed by atoms with van der Waals surface area (Å²) in [7, 11) is 0. The highest BCUT2D eigenvalue weighted by Gasteiger charge is 2.10. The maximum absolute atomic E-state index is 12.3. The van der Waals surface area contributed by atoms with Crippen LogP contribution in [0.25, 0.3) is 0 Å². The number of carbonyl (C=O) groups excluding carboxylic acids is 1. The molecule has 0 fully saturated rings. The first-order chi connectivity index (χ1) is 4.95. The minimum absolute atomic E-state index is 0.182. The summed E-state index contributed by atoms with van der Waals surface area (Å²) in [6, 6.07) is 0. The lowest BCUT2D eigenvalue weighted by Crippen LogP contribution is -2.09. The Morgan fingerprint density at radius 2 is 2.00 bits per heavy atom. The molecule has 2 nitrogen and oxygen atoms in total. The molecule has 0 aliphatic rings. The van der Waals surface area contributed by atoms with Crippen molar-refractivity contribution in [1.29, 1.82) is 0 Å². The molecule has 0 saturated carbocycles. The van der Waals surface area contributed by atoms with Gasteiger partial charge in [0.05, 0.1) is 0 Å². The van der Waals surface area contributed by atoms with Crippen LogP contribution < -0.4 is 0 Å². The van der Waals surface area contributed by atoms with E-state index >= 15 is 0 Å². The molecule has 3 heteroatoms. The topological polar surface area (TPSA) is 26.3 Å². The van der Waals surface area contributed by atoms with E-state index < -0.39 is 12.1 Å². The third-order valence-electron chi connectivity index (χ3n) is 1.02. The highest BCUT2D eigenvalue weighted by molar-refractivity contribution is 5.87. The van der Waals surface area contributed by atoms with Gasteiger partial charge in [0, 0.05) is 5.57 Å². The van der Waals surface area contributed by atoms with Crippen LogP contribution in [0.1, 0.15) is 13.8 Å². The van der Waals surface area contributed by atoms with Crippen LogP contribution >= 0.6 is 0 Å². The molecule has 1 unspecified atom stereocenters. The number of alkyl halides is 1. The molecule has 0 aromatic heterocycles. The van der Waals surface area contributed by atoms with Crippen molar-refractivity contribution >= 4 is 5.97 Å². The Labute approximate surface area is 65.4 Å². The first kappa shape index (κ1) is 9.88. The molecule has 0 aromatic carbocycles. The number of hydrogen-bond donors (Lipinski definition) is 0. The third-order valence-corrected chi connectivity index (χ3v) is 1.02. The van der Waals surface area contributed by atoms with Crippen LogP contribution in [0.2, 0.25) is 0 Å². The molecule has 0 aromatic rings. The van der Waals surface area contributed by atoms with Crippen LogP contribution in [0.5, 0.6) is 0 Å². The van der Waals surface area contributed by atoms with Gasteiger partial charge in [-0.05, 0) is 13.8 Å². The average molecular weight is 158 g/mol. The van der Waals surface area contributed by atoms with Gasteiger partial charge in [0.15, 0.2) is 6.17 Å². The lowest BCUT2D eigenvalue weighted by atomic mass is 10.3. The van der Waals surface area contributed by atoms with Crippen LogP contribution in [0.3, 0.4) is 0 Å². The van der Waals surface area contributed by atoms with E-state index in [0.717, 1.165) is 0 Å². The zero-order chi connectivity index (χ0) is 9.02. The standard InChI is InChI=1S/C8H11FO2/c1-5(2)8(10)11-7(4)6(3)9/h6H,1,4H2,2-3H3. The fraction of sp³-hybridized carbons (Fsp3) is 0.375. The van der Waals surface area contributed by atoms with E-state index in [0.29, 0.717) is 0 Å². The predicted octanol–water partition coefficient (Wildman–Crippen LogP) is 1.98. The summed E-state index contributed by atoms with van der Waals surface area (Å²) in [6.45, 7) is 9.28. The lowest BCUT2D eigenvalue weighted by Gasteiger charge is -2.06. The van der Waals surface area contributed by atoms with Gasteiger partial charge in [0.2, 0.25) is 0 Å². The van der Waals surface area contributed by atoms with Crippen molar-refractivity contribution in [2.45, 2.75) is 20.0 Å². The van der Waals surface area contributed by atoms with E-state index in [1.54, 1.807) is 0 Å². The SMILES string of the molecule is C=C(C)C(=O)OC(=C)C(C)F. The van der Waals surface area contributed by atoms with E-state index in [-0.39, 0.29) is 11.3 Å². The summed E-state index contributed by atoms with van der Waals surface area (Å²) in [5, 5.41) is 0. The van der Waals surface area contributed by atoms with Gasteiger partial charge >= 0.3 is 5.97 Å². The van der Waals surface area contributed by atoms with Crippen molar-refractivity contribution < 1.29 is 13.9 Å². The largest absolute Gasteiger partial charge is 0.425 e. The van der Waals surface area contributed by atoms with E-state index in [1.165, 1.54) is 13.8 Å². The van der Waals surface area contributed by atoms with Crippen LogP contribution in [0.15, 0.2) is 24.5 Å². The quantitative estimate of drug-likeness (QED) is 0.356. The zero-order valence-electron chi connectivity index (χ0n) is 6.69. The Hall–Kier alpha value is -1.12. The number of hydrogen-bond acceptors (Lipinski definition) is 2. The molecule has 0 amide bonds. The summed E-state index contributed by atoms with van der Waals surface area (Å²) >= 11 is 0. The molecule has 62 valence electrons. The second-order valence-electron chi connectivity index (χ2n) is 2.25. The smallest absolute Gasteiger partial charge is 0.338 e. The second kappa shape index (κ2) is 3.91. The van der Waals surface area contributed by atoms with Gasteiger partial charge in [-0.3, -0.25) is 0 Å². The highest BCUT2D eigenvalue weighted by atomic mass is 19.1. The van der Waals surface area contributed by atoms with E-state index in [9.17, 15) is 9.18 Å². The van der Waals surface area contributed by atoms with E-state index in [1.807, 2.05) is 0 Å².